The molecule has 2 amide bonds. The minimum absolute atomic E-state index is 0.0581. The molecule has 0 bridgehead atoms. The highest BCUT2D eigenvalue weighted by Gasteiger charge is 2.14. The van der Waals surface area contributed by atoms with Crippen molar-refractivity contribution in [3.8, 4) is 11.4 Å². The third-order valence-electron chi connectivity index (χ3n) is 4.57. The molecule has 3 aromatic rings. The van der Waals surface area contributed by atoms with Crippen molar-refractivity contribution in [2.24, 2.45) is 0 Å². The van der Waals surface area contributed by atoms with Gasteiger partial charge in [0.2, 0.25) is 11.8 Å². The summed E-state index contributed by atoms with van der Waals surface area (Å²) in [6.45, 7) is 2.22. The van der Waals surface area contributed by atoms with Crippen LogP contribution in [0.4, 0.5) is 0 Å². The van der Waals surface area contributed by atoms with Crippen LogP contribution in [-0.2, 0) is 16.0 Å². The molecule has 0 fully saturated rings. The summed E-state index contributed by atoms with van der Waals surface area (Å²) in [5, 5.41) is 5.16. The average molecular weight is 408 g/mol. The van der Waals surface area contributed by atoms with Gasteiger partial charge in [-0.1, -0.05) is 12.1 Å². The van der Waals surface area contributed by atoms with E-state index in [1.165, 1.54) is 0 Å². The lowest BCUT2D eigenvalue weighted by molar-refractivity contribution is -0.126. The van der Waals surface area contributed by atoms with E-state index in [-0.39, 0.29) is 42.5 Å². The molecule has 2 aromatic carbocycles. The van der Waals surface area contributed by atoms with Gasteiger partial charge in [-0.3, -0.25) is 19.0 Å². The predicted molar refractivity (Wildman–Crippen MR) is 114 cm³/mol. The Kier molecular flexibility index (Phi) is 6.79. The fourth-order valence-corrected chi connectivity index (χ4v) is 3.09. The highest BCUT2D eigenvalue weighted by molar-refractivity contribution is 5.84. The number of hydrogen-bond donors (Lipinski definition) is 2. The number of hydrogen-bond acceptors (Lipinski definition) is 5. The number of fused-ring (bicyclic) bond motifs is 1. The minimum Gasteiger partial charge on any atom is -0.497 e. The molecule has 0 radical (unpaired) electrons. The van der Waals surface area contributed by atoms with Crippen LogP contribution in [0.5, 0.6) is 5.75 Å². The van der Waals surface area contributed by atoms with Gasteiger partial charge in [0.15, 0.2) is 0 Å². The number of likely N-dealkylation sites (N-methyl/N-ethyl adjacent to an activating group) is 1. The second-order valence-electron chi connectivity index (χ2n) is 6.62. The lowest BCUT2D eigenvalue weighted by atomic mass is 10.2. The summed E-state index contributed by atoms with van der Waals surface area (Å²) in [5.41, 5.74) is 2.03. The molecule has 0 spiro atoms. The van der Waals surface area contributed by atoms with Crippen LogP contribution in [0.25, 0.3) is 16.7 Å². The topological polar surface area (TPSA) is 102 Å². The van der Waals surface area contributed by atoms with Gasteiger partial charge in [-0.05, 0) is 43.3 Å². The molecule has 3 rings (SSSR count). The van der Waals surface area contributed by atoms with Gasteiger partial charge in [0, 0.05) is 25.1 Å². The minimum atomic E-state index is -0.313. The maximum atomic E-state index is 13.2. The Balaban J connectivity index is 1.87. The molecule has 0 unspecified atom stereocenters. The van der Waals surface area contributed by atoms with Crippen LogP contribution in [0, 0.1) is 0 Å². The van der Waals surface area contributed by atoms with E-state index in [0.717, 1.165) is 0 Å². The number of rotatable bonds is 8. The molecule has 1 aromatic heterocycles. The molecule has 0 aliphatic rings. The molecule has 2 N–H and O–H groups in total. The van der Waals surface area contributed by atoms with Gasteiger partial charge in [-0.15, -0.1) is 0 Å². The number of ether oxygens (including phenoxy) is 1. The van der Waals surface area contributed by atoms with Gasteiger partial charge in [-0.25, -0.2) is 4.98 Å². The monoisotopic (exact) mass is 408 g/mol. The molecule has 1 heterocycles. The molecule has 156 valence electrons. The lowest BCUT2D eigenvalue weighted by Gasteiger charge is -2.13. The quantitative estimate of drug-likeness (QED) is 0.589. The summed E-state index contributed by atoms with van der Waals surface area (Å²) in [5.74, 6) is 0.123. The zero-order chi connectivity index (χ0) is 21.5. The number of methoxy groups -OCH3 is 1. The summed E-state index contributed by atoms with van der Waals surface area (Å²) in [7, 11) is 1.58. The second-order valence-corrected chi connectivity index (χ2v) is 6.62. The van der Waals surface area contributed by atoms with Crippen molar-refractivity contribution >= 4 is 22.8 Å². The van der Waals surface area contributed by atoms with Crippen molar-refractivity contribution in [3.05, 3.63) is 64.6 Å². The van der Waals surface area contributed by atoms with E-state index in [1.54, 1.807) is 42.9 Å². The Hall–Kier alpha value is -3.68. The second kappa shape index (κ2) is 9.69. The fourth-order valence-electron chi connectivity index (χ4n) is 3.09. The summed E-state index contributed by atoms with van der Waals surface area (Å²) in [4.78, 5) is 41.2. The van der Waals surface area contributed by atoms with E-state index in [1.807, 2.05) is 24.3 Å². The van der Waals surface area contributed by atoms with E-state index < -0.39 is 0 Å². The summed E-state index contributed by atoms with van der Waals surface area (Å²) in [6.07, 6.45) is 0.226. The van der Waals surface area contributed by atoms with Gasteiger partial charge in [0.1, 0.15) is 11.4 Å². The third kappa shape index (κ3) is 4.83. The van der Waals surface area contributed by atoms with Crippen LogP contribution in [0.3, 0.4) is 0 Å². The van der Waals surface area contributed by atoms with E-state index >= 15 is 0 Å². The van der Waals surface area contributed by atoms with E-state index in [2.05, 4.69) is 15.6 Å². The van der Waals surface area contributed by atoms with E-state index in [4.69, 9.17) is 4.74 Å². The first-order chi connectivity index (χ1) is 14.5. The maximum absolute atomic E-state index is 13.2. The average Bonchev–Trinajstić information content (AvgIpc) is 2.76. The van der Waals surface area contributed by atoms with Crippen molar-refractivity contribution in [2.45, 2.75) is 19.8 Å². The van der Waals surface area contributed by atoms with Crippen molar-refractivity contribution in [1.82, 2.24) is 20.2 Å². The Labute approximate surface area is 173 Å². The zero-order valence-corrected chi connectivity index (χ0v) is 17.0. The Bertz CT molecular complexity index is 1110. The normalized spacial score (nSPS) is 10.6. The van der Waals surface area contributed by atoms with Crippen molar-refractivity contribution in [3.63, 3.8) is 0 Å². The number of amides is 2. The van der Waals surface area contributed by atoms with Crippen LogP contribution in [0.15, 0.2) is 53.3 Å². The molecule has 8 heteroatoms. The Morgan fingerprint density at radius 2 is 1.77 bits per heavy atom. The maximum Gasteiger partial charge on any atom is 0.277 e. The van der Waals surface area contributed by atoms with Gasteiger partial charge in [0.25, 0.3) is 5.56 Å². The number of carbonyl (C=O) groups excluding carboxylic acids is 2. The third-order valence-corrected chi connectivity index (χ3v) is 4.57. The van der Waals surface area contributed by atoms with E-state index in [9.17, 15) is 14.4 Å². The molecule has 0 atom stereocenters. The molecule has 0 saturated carbocycles. The summed E-state index contributed by atoms with van der Waals surface area (Å²) < 4.78 is 6.78. The number of aryl methyl sites for hydroxylation is 1. The van der Waals surface area contributed by atoms with Crippen molar-refractivity contribution in [1.29, 1.82) is 0 Å². The number of nitrogens with one attached hydrogen (secondary N) is 2. The molecular formula is C22H24N4O4. The first-order valence-electron chi connectivity index (χ1n) is 9.72. The molecule has 0 aliphatic carbocycles. The molecule has 8 nitrogen and oxygen atoms in total. The van der Waals surface area contributed by atoms with Crippen LogP contribution in [0.2, 0.25) is 0 Å². The largest absolute Gasteiger partial charge is 0.497 e. The highest BCUT2D eigenvalue weighted by Crippen LogP contribution is 2.18. The number of carbonyl (C=O) groups is 2. The smallest absolute Gasteiger partial charge is 0.277 e. The standard InChI is InChI=1S/C22H24N4O4/c1-3-23-21(28)14-24-20(27)13-12-18-22(29)26(15-8-10-16(30-2)11-9-15)19-7-5-4-6-17(19)25-18/h4-11H,3,12-14H2,1-2H3,(H,23,28)(H,24,27). The van der Waals surface area contributed by atoms with Crippen LogP contribution in [-0.4, -0.2) is 41.6 Å². The highest BCUT2D eigenvalue weighted by atomic mass is 16.5. The van der Waals surface area contributed by atoms with Crippen LogP contribution < -0.4 is 20.9 Å². The van der Waals surface area contributed by atoms with Gasteiger partial charge < -0.3 is 15.4 Å². The Morgan fingerprint density at radius 1 is 1.03 bits per heavy atom. The van der Waals surface area contributed by atoms with E-state index in [0.29, 0.717) is 29.0 Å². The van der Waals surface area contributed by atoms with Gasteiger partial charge in [0.05, 0.1) is 24.7 Å². The lowest BCUT2D eigenvalue weighted by Crippen LogP contribution is -2.37. The van der Waals surface area contributed by atoms with Crippen LogP contribution >= 0.6 is 0 Å². The van der Waals surface area contributed by atoms with Gasteiger partial charge >= 0.3 is 0 Å². The summed E-state index contributed by atoms with van der Waals surface area (Å²) >= 11 is 0. The number of para-hydroxylation sites is 2. The van der Waals surface area contributed by atoms with Crippen molar-refractivity contribution in [2.75, 3.05) is 20.2 Å². The number of benzene rings is 2. The van der Waals surface area contributed by atoms with Crippen molar-refractivity contribution < 1.29 is 14.3 Å². The Morgan fingerprint density at radius 3 is 2.47 bits per heavy atom. The fraction of sp³-hybridized carbons (Fsp3) is 0.273. The predicted octanol–water partition coefficient (Wildman–Crippen LogP) is 1.58. The first-order valence-corrected chi connectivity index (χ1v) is 9.72. The molecule has 0 saturated heterocycles. The first kappa shape index (κ1) is 21.0. The SMILES string of the molecule is CCNC(=O)CNC(=O)CCc1nc2ccccc2n(-c2ccc(OC)cc2)c1=O. The molecule has 0 aliphatic heterocycles. The number of aromatic nitrogens is 2. The van der Waals surface area contributed by atoms with Gasteiger partial charge in [-0.2, -0.15) is 0 Å². The molecule has 30 heavy (non-hydrogen) atoms. The zero-order valence-electron chi connectivity index (χ0n) is 17.0. The molecular weight excluding hydrogens is 384 g/mol. The number of nitrogens with zero attached hydrogens (tertiary/aromatic N) is 2. The van der Waals surface area contributed by atoms with Crippen LogP contribution in [0.1, 0.15) is 19.0 Å². The summed E-state index contributed by atoms with van der Waals surface area (Å²) in [6, 6.07) is 14.5.